The molecule has 1 saturated carbocycles. The number of carbonyl (C=O) groups is 2. The van der Waals surface area contributed by atoms with E-state index in [0.717, 1.165) is 37.2 Å². The number of hydrogen-bond acceptors (Lipinski definition) is 3. The fourth-order valence-corrected chi connectivity index (χ4v) is 4.35. The minimum absolute atomic E-state index is 0.0531. The van der Waals surface area contributed by atoms with E-state index in [2.05, 4.69) is 16.9 Å². The third-order valence-corrected chi connectivity index (χ3v) is 5.76. The molecule has 1 aliphatic carbocycles. The lowest BCUT2D eigenvalue weighted by Gasteiger charge is -2.29. The summed E-state index contributed by atoms with van der Waals surface area (Å²) in [5.74, 6) is 1.14. The van der Waals surface area contributed by atoms with Gasteiger partial charge in [-0.05, 0) is 62.0 Å². The fourth-order valence-electron chi connectivity index (χ4n) is 3.54. The zero-order valence-electron chi connectivity index (χ0n) is 15.4. The van der Waals surface area contributed by atoms with Crippen molar-refractivity contribution in [3.8, 4) is 0 Å². The molecule has 1 fully saturated rings. The largest absolute Gasteiger partial charge is 0.481 e. The summed E-state index contributed by atoms with van der Waals surface area (Å²) < 4.78 is 0. The molecule has 0 aromatic heterocycles. The normalized spacial score (nSPS) is 21.0. The van der Waals surface area contributed by atoms with Gasteiger partial charge in [-0.15, -0.1) is 0 Å². The Kier molecular flexibility index (Phi) is 8.81. The minimum atomic E-state index is -0.836. The van der Waals surface area contributed by atoms with Crippen LogP contribution in [0, 0.1) is 5.92 Å². The number of rotatable bonds is 9. The molecule has 1 aromatic carbocycles. The fraction of sp³-hybridized carbons (Fsp3) is 0.600. The standard InChI is InChI=1S/C20H30N2O3S/c1-26-14-16-7-9-17(10-8-16)21-20(25)22-18(11-12-19(23)24)13-15-5-3-2-4-6-15/h2-6,16-18H,7-14H2,1H3,(H,23,24)(H2,21,22,25). The predicted molar refractivity (Wildman–Crippen MR) is 107 cm³/mol. The number of hydrogen-bond donors (Lipinski definition) is 3. The summed E-state index contributed by atoms with van der Waals surface area (Å²) in [6, 6.07) is 9.73. The van der Waals surface area contributed by atoms with Crippen LogP contribution in [0.25, 0.3) is 0 Å². The minimum Gasteiger partial charge on any atom is -0.481 e. The van der Waals surface area contributed by atoms with Crippen LogP contribution in [0.5, 0.6) is 0 Å². The molecule has 2 rings (SSSR count). The van der Waals surface area contributed by atoms with Gasteiger partial charge in [0, 0.05) is 18.5 Å². The first-order valence-electron chi connectivity index (χ1n) is 9.38. The highest BCUT2D eigenvalue weighted by Gasteiger charge is 2.23. The van der Waals surface area contributed by atoms with Gasteiger partial charge >= 0.3 is 12.0 Å². The van der Waals surface area contributed by atoms with E-state index in [1.54, 1.807) is 0 Å². The van der Waals surface area contributed by atoms with Crippen LogP contribution >= 0.6 is 11.8 Å². The Morgan fingerprint density at radius 1 is 1.19 bits per heavy atom. The average molecular weight is 379 g/mol. The Balaban J connectivity index is 1.82. The highest BCUT2D eigenvalue weighted by atomic mass is 32.2. The predicted octanol–water partition coefficient (Wildman–Crippen LogP) is 3.68. The highest BCUT2D eigenvalue weighted by Crippen LogP contribution is 2.26. The molecule has 0 aliphatic heterocycles. The van der Waals surface area contributed by atoms with E-state index in [9.17, 15) is 9.59 Å². The molecule has 1 aliphatic rings. The molecular weight excluding hydrogens is 348 g/mol. The van der Waals surface area contributed by atoms with Gasteiger partial charge in [-0.2, -0.15) is 11.8 Å². The summed E-state index contributed by atoms with van der Waals surface area (Å²) in [4.78, 5) is 23.3. The van der Waals surface area contributed by atoms with Gasteiger partial charge in [0.2, 0.25) is 0 Å². The summed E-state index contributed by atoms with van der Waals surface area (Å²) in [7, 11) is 0. The van der Waals surface area contributed by atoms with Crippen LogP contribution in [0.3, 0.4) is 0 Å². The Morgan fingerprint density at radius 2 is 1.88 bits per heavy atom. The third-order valence-electron chi connectivity index (χ3n) is 4.95. The summed E-state index contributed by atoms with van der Waals surface area (Å²) in [6.07, 6.45) is 7.64. The maximum absolute atomic E-state index is 12.4. The second kappa shape index (κ2) is 11.1. The lowest BCUT2D eigenvalue weighted by atomic mass is 9.87. The maximum atomic E-state index is 12.4. The molecule has 144 valence electrons. The lowest BCUT2D eigenvalue weighted by Crippen LogP contribution is -2.48. The number of carboxylic acids is 1. The topological polar surface area (TPSA) is 78.4 Å². The molecule has 5 nitrogen and oxygen atoms in total. The van der Waals surface area contributed by atoms with E-state index >= 15 is 0 Å². The van der Waals surface area contributed by atoms with Crippen molar-refractivity contribution < 1.29 is 14.7 Å². The van der Waals surface area contributed by atoms with Crippen LogP contribution in [0.15, 0.2) is 30.3 Å². The van der Waals surface area contributed by atoms with Crippen LogP contribution in [-0.2, 0) is 11.2 Å². The maximum Gasteiger partial charge on any atom is 0.315 e. The molecule has 0 saturated heterocycles. The van der Waals surface area contributed by atoms with Crippen molar-refractivity contribution in [2.24, 2.45) is 5.92 Å². The van der Waals surface area contributed by atoms with Crippen LogP contribution in [0.4, 0.5) is 4.79 Å². The molecule has 1 unspecified atom stereocenters. The zero-order valence-corrected chi connectivity index (χ0v) is 16.3. The molecule has 0 radical (unpaired) electrons. The van der Waals surface area contributed by atoms with Gasteiger partial charge < -0.3 is 15.7 Å². The van der Waals surface area contributed by atoms with Gasteiger partial charge in [-0.3, -0.25) is 4.79 Å². The zero-order chi connectivity index (χ0) is 18.8. The lowest BCUT2D eigenvalue weighted by molar-refractivity contribution is -0.137. The van der Waals surface area contributed by atoms with E-state index in [-0.39, 0.29) is 24.5 Å². The van der Waals surface area contributed by atoms with Gasteiger partial charge in [0.05, 0.1) is 0 Å². The van der Waals surface area contributed by atoms with E-state index in [4.69, 9.17) is 5.11 Å². The van der Waals surface area contributed by atoms with Crippen LogP contribution < -0.4 is 10.6 Å². The van der Waals surface area contributed by atoms with E-state index < -0.39 is 5.97 Å². The quantitative estimate of drug-likeness (QED) is 0.612. The van der Waals surface area contributed by atoms with Crippen LogP contribution in [0.1, 0.15) is 44.1 Å². The Labute approximate surface area is 160 Å². The first-order chi connectivity index (χ1) is 12.6. The Bertz CT molecular complexity index is 559. The molecule has 1 aromatic rings. The first-order valence-corrected chi connectivity index (χ1v) is 10.8. The molecule has 3 N–H and O–H groups in total. The highest BCUT2D eigenvalue weighted by molar-refractivity contribution is 7.98. The molecule has 2 amide bonds. The van der Waals surface area contributed by atoms with Crippen molar-refractivity contribution in [3.05, 3.63) is 35.9 Å². The monoisotopic (exact) mass is 378 g/mol. The molecule has 1 atom stereocenters. The number of nitrogens with one attached hydrogen (secondary N) is 2. The number of urea groups is 1. The summed E-state index contributed by atoms with van der Waals surface area (Å²) in [5, 5.41) is 15.0. The van der Waals surface area contributed by atoms with Crippen molar-refractivity contribution >= 4 is 23.8 Å². The van der Waals surface area contributed by atoms with Crippen molar-refractivity contribution in [1.29, 1.82) is 0 Å². The summed E-state index contributed by atoms with van der Waals surface area (Å²) >= 11 is 1.89. The number of amides is 2. The van der Waals surface area contributed by atoms with Crippen molar-refractivity contribution in [2.75, 3.05) is 12.0 Å². The first kappa shape index (κ1) is 20.6. The van der Waals surface area contributed by atoms with E-state index in [1.807, 2.05) is 42.1 Å². The van der Waals surface area contributed by atoms with E-state index in [0.29, 0.717) is 12.8 Å². The number of thioether (sulfide) groups is 1. The smallest absolute Gasteiger partial charge is 0.315 e. The summed E-state index contributed by atoms with van der Waals surface area (Å²) in [6.45, 7) is 0. The van der Waals surface area contributed by atoms with Gasteiger partial charge in [0.25, 0.3) is 0 Å². The molecule has 26 heavy (non-hydrogen) atoms. The Morgan fingerprint density at radius 3 is 2.50 bits per heavy atom. The second-order valence-corrected chi connectivity index (χ2v) is 8.02. The molecule has 6 heteroatoms. The number of benzene rings is 1. The van der Waals surface area contributed by atoms with Crippen molar-refractivity contribution in [2.45, 2.75) is 57.0 Å². The molecular formula is C20H30N2O3S. The van der Waals surface area contributed by atoms with Gasteiger partial charge in [0.15, 0.2) is 0 Å². The summed E-state index contributed by atoms with van der Waals surface area (Å²) in [5.41, 5.74) is 1.10. The van der Waals surface area contributed by atoms with Gasteiger partial charge in [0.1, 0.15) is 0 Å². The Hall–Kier alpha value is -1.69. The second-order valence-electron chi connectivity index (χ2n) is 7.11. The molecule has 0 heterocycles. The van der Waals surface area contributed by atoms with Crippen LogP contribution in [0.2, 0.25) is 0 Å². The number of carbonyl (C=O) groups excluding carboxylic acids is 1. The molecule has 0 bridgehead atoms. The van der Waals surface area contributed by atoms with Crippen molar-refractivity contribution in [1.82, 2.24) is 10.6 Å². The molecule has 0 spiro atoms. The third kappa shape index (κ3) is 7.68. The number of carboxylic acid groups (broad SMARTS) is 1. The van der Waals surface area contributed by atoms with Crippen molar-refractivity contribution in [3.63, 3.8) is 0 Å². The van der Waals surface area contributed by atoms with Crippen LogP contribution in [-0.4, -0.2) is 41.2 Å². The van der Waals surface area contributed by atoms with Gasteiger partial charge in [-0.1, -0.05) is 30.3 Å². The van der Waals surface area contributed by atoms with E-state index in [1.165, 1.54) is 5.75 Å². The SMILES string of the molecule is CSCC1CCC(NC(=O)NC(CCC(=O)O)Cc2ccccc2)CC1. The van der Waals surface area contributed by atoms with Gasteiger partial charge in [-0.25, -0.2) is 4.79 Å². The average Bonchev–Trinajstić information content (AvgIpc) is 2.62. The number of aliphatic carboxylic acids is 1.